The van der Waals surface area contributed by atoms with Gasteiger partial charge < -0.3 is 9.64 Å². The minimum absolute atomic E-state index is 0.334. The Kier molecular flexibility index (Phi) is 4.45. The van der Waals surface area contributed by atoms with Crippen LogP contribution in [0.3, 0.4) is 0 Å². The fraction of sp³-hybridized carbons (Fsp3) is 0.381. The van der Waals surface area contributed by atoms with E-state index in [9.17, 15) is 0 Å². The molecule has 4 rings (SSSR count). The fourth-order valence-corrected chi connectivity index (χ4v) is 3.49. The molecule has 1 saturated heterocycles. The smallest absolute Gasteiger partial charge is 0.119 e. The number of nitrogens with zero attached hydrogens (tertiary/aromatic N) is 2. The van der Waals surface area contributed by atoms with Crippen LogP contribution in [0.2, 0.25) is 0 Å². The summed E-state index contributed by atoms with van der Waals surface area (Å²) in [6, 6.07) is 14.9. The summed E-state index contributed by atoms with van der Waals surface area (Å²) in [5.41, 5.74) is 4.54. The normalized spacial score (nSPS) is 16.4. The molecule has 0 amide bonds. The van der Waals surface area contributed by atoms with Crippen molar-refractivity contribution in [1.82, 2.24) is 15.1 Å². The van der Waals surface area contributed by atoms with E-state index in [2.05, 4.69) is 71.5 Å². The highest BCUT2D eigenvalue weighted by molar-refractivity contribution is 5.93. The van der Waals surface area contributed by atoms with Crippen LogP contribution in [-0.2, 0) is 6.42 Å². The molecule has 1 aliphatic rings. The molecule has 1 aliphatic heterocycles. The largest absolute Gasteiger partial charge is 0.490 e. The van der Waals surface area contributed by atoms with E-state index in [0.717, 1.165) is 54.9 Å². The van der Waals surface area contributed by atoms with Gasteiger partial charge in [0.1, 0.15) is 11.9 Å². The molecule has 25 heavy (non-hydrogen) atoms. The van der Waals surface area contributed by atoms with Gasteiger partial charge in [0.05, 0.1) is 11.2 Å². The Bertz CT molecular complexity index is 845. The fourth-order valence-electron chi connectivity index (χ4n) is 3.49. The van der Waals surface area contributed by atoms with Crippen molar-refractivity contribution in [3.8, 4) is 17.0 Å². The van der Waals surface area contributed by atoms with Gasteiger partial charge in [-0.15, -0.1) is 0 Å². The molecule has 0 spiro atoms. The van der Waals surface area contributed by atoms with Gasteiger partial charge in [0.25, 0.3) is 0 Å². The molecular formula is C21H25N3O. The lowest BCUT2D eigenvalue weighted by molar-refractivity contribution is 0.114. The lowest BCUT2D eigenvalue weighted by Crippen LogP contribution is -2.35. The number of likely N-dealkylation sites (tertiary alicyclic amines) is 1. The lowest BCUT2D eigenvalue weighted by Gasteiger charge is -2.29. The van der Waals surface area contributed by atoms with Gasteiger partial charge in [-0.05, 0) is 68.3 Å². The van der Waals surface area contributed by atoms with Crippen LogP contribution < -0.4 is 4.74 Å². The molecule has 1 fully saturated rings. The molecule has 4 heteroatoms. The summed E-state index contributed by atoms with van der Waals surface area (Å²) in [5.74, 6) is 0.951. The monoisotopic (exact) mass is 335 g/mol. The minimum atomic E-state index is 0.334. The summed E-state index contributed by atoms with van der Waals surface area (Å²) in [7, 11) is 2.17. The number of aromatic nitrogens is 2. The third kappa shape index (κ3) is 3.40. The maximum atomic E-state index is 6.15. The predicted molar refractivity (Wildman–Crippen MR) is 102 cm³/mol. The highest BCUT2D eigenvalue weighted by Crippen LogP contribution is 2.29. The zero-order valence-electron chi connectivity index (χ0n) is 15.0. The van der Waals surface area contributed by atoms with Crippen molar-refractivity contribution >= 4 is 10.9 Å². The van der Waals surface area contributed by atoms with Crippen molar-refractivity contribution in [2.75, 3.05) is 20.1 Å². The molecule has 0 saturated carbocycles. The quantitative estimate of drug-likeness (QED) is 0.774. The van der Waals surface area contributed by atoms with E-state index in [1.165, 1.54) is 10.9 Å². The Morgan fingerprint density at radius 2 is 1.88 bits per heavy atom. The lowest BCUT2D eigenvalue weighted by atomic mass is 10.0. The molecule has 130 valence electrons. The number of aromatic amines is 1. The number of ether oxygens (including phenoxy) is 1. The zero-order chi connectivity index (χ0) is 17.2. The predicted octanol–water partition coefficient (Wildman–Crippen LogP) is 4.27. The van der Waals surface area contributed by atoms with E-state index < -0.39 is 0 Å². The van der Waals surface area contributed by atoms with Crippen LogP contribution >= 0.6 is 0 Å². The second kappa shape index (κ2) is 6.89. The van der Waals surface area contributed by atoms with E-state index in [-0.39, 0.29) is 0 Å². The van der Waals surface area contributed by atoms with Crippen molar-refractivity contribution < 1.29 is 4.74 Å². The number of hydrogen-bond donors (Lipinski definition) is 1. The minimum Gasteiger partial charge on any atom is -0.490 e. The van der Waals surface area contributed by atoms with Gasteiger partial charge in [-0.2, -0.15) is 5.10 Å². The van der Waals surface area contributed by atoms with Crippen molar-refractivity contribution in [3.05, 3.63) is 48.0 Å². The summed E-state index contributed by atoms with van der Waals surface area (Å²) in [5, 5.41) is 8.84. The topological polar surface area (TPSA) is 41.1 Å². The van der Waals surface area contributed by atoms with Gasteiger partial charge in [-0.25, -0.2) is 0 Å². The van der Waals surface area contributed by atoms with Crippen LogP contribution in [0.1, 0.15) is 25.3 Å². The first kappa shape index (κ1) is 16.2. The Morgan fingerprint density at radius 3 is 2.60 bits per heavy atom. The van der Waals surface area contributed by atoms with E-state index in [4.69, 9.17) is 4.74 Å². The third-order valence-corrected chi connectivity index (χ3v) is 5.13. The molecule has 0 unspecified atom stereocenters. The van der Waals surface area contributed by atoms with Gasteiger partial charge in [0.15, 0.2) is 0 Å². The molecule has 1 aromatic heterocycles. The van der Waals surface area contributed by atoms with Gasteiger partial charge >= 0.3 is 0 Å². The van der Waals surface area contributed by atoms with Crippen LogP contribution in [0, 0.1) is 0 Å². The molecule has 0 radical (unpaired) electrons. The highest BCUT2D eigenvalue weighted by atomic mass is 16.5. The molecule has 2 heterocycles. The zero-order valence-corrected chi connectivity index (χ0v) is 15.0. The third-order valence-electron chi connectivity index (χ3n) is 5.13. The summed E-state index contributed by atoms with van der Waals surface area (Å²) in [6.45, 7) is 4.40. The number of H-pyrrole nitrogens is 1. The van der Waals surface area contributed by atoms with E-state index in [1.54, 1.807) is 0 Å². The molecule has 0 atom stereocenters. The van der Waals surface area contributed by atoms with Crippen LogP contribution in [0.15, 0.2) is 42.5 Å². The Hall–Kier alpha value is -2.33. The molecular weight excluding hydrogens is 310 g/mol. The van der Waals surface area contributed by atoms with Crippen molar-refractivity contribution in [1.29, 1.82) is 0 Å². The first-order valence-electron chi connectivity index (χ1n) is 9.15. The molecule has 0 bridgehead atoms. The number of nitrogens with one attached hydrogen (secondary N) is 1. The maximum absolute atomic E-state index is 6.15. The van der Waals surface area contributed by atoms with Crippen LogP contribution in [0.5, 0.6) is 5.75 Å². The number of hydrogen-bond acceptors (Lipinski definition) is 3. The number of piperidine rings is 1. The van der Waals surface area contributed by atoms with E-state index >= 15 is 0 Å². The average Bonchev–Trinajstić information content (AvgIpc) is 3.07. The van der Waals surface area contributed by atoms with Gasteiger partial charge in [-0.3, -0.25) is 5.10 Å². The van der Waals surface area contributed by atoms with Gasteiger partial charge in [0.2, 0.25) is 0 Å². The van der Waals surface area contributed by atoms with Crippen molar-refractivity contribution in [2.45, 2.75) is 32.3 Å². The average molecular weight is 335 g/mol. The number of benzene rings is 2. The molecule has 0 aliphatic carbocycles. The standard InChI is InChI=1S/C21H25N3O/c1-3-15-4-9-20-19(14-15)21(23-22-20)16-5-7-17(8-6-16)25-18-10-12-24(2)13-11-18/h4-9,14,18H,3,10-13H2,1-2H3,(H,22,23). The van der Waals surface area contributed by atoms with Crippen LogP contribution in [0.25, 0.3) is 22.2 Å². The molecule has 3 aromatic rings. The summed E-state index contributed by atoms with van der Waals surface area (Å²) >= 11 is 0. The maximum Gasteiger partial charge on any atom is 0.119 e. The Labute approximate surface area is 148 Å². The second-order valence-electron chi connectivity index (χ2n) is 6.95. The Morgan fingerprint density at radius 1 is 1.12 bits per heavy atom. The van der Waals surface area contributed by atoms with Crippen molar-refractivity contribution in [3.63, 3.8) is 0 Å². The summed E-state index contributed by atoms with van der Waals surface area (Å²) in [4.78, 5) is 2.36. The molecule has 1 N–H and O–H groups in total. The van der Waals surface area contributed by atoms with Gasteiger partial charge in [0, 0.05) is 24.0 Å². The first-order valence-corrected chi connectivity index (χ1v) is 9.15. The number of aryl methyl sites for hydroxylation is 1. The highest BCUT2D eigenvalue weighted by Gasteiger charge is 2.18. The number of fused-ring (bicyclic) bond motifs is 1. The van der Waals surface area contributed by atoms with Crippen LogP contribution in [0.4, 0.5) is 0 Å². The summed E-state index contributed by atoms with van der Waals surface area (Å²) in [6.07, 6.45) is 3.56. The first-order chi connectivity index (χ1) is 12.2. The van der Waals surface area contributed by atoms with Crippen LogP contribution in [-0.4, -0.2) is 41.3 Å². The second-order valence-corrected chi connectivity index (χ2v) is 6.95. The van der Waals surface area contributed by atoms with E-state index in [1.807, 2.05) is 0 Å². The van der Waals surface area contributed by atoms with Gasteiger partial charge in [-0.1, -0.05) is 13.0 Å². The Balaban J connectivity index is 1.54. The van der Waals surface area contributed by atoms with Crippen molar-refractivity contribution in [2.24, 2.45) is 0 Å². The molecule has 4 nitrogen and oxygen atoms in total. The van der Waals surface area contributed by atoms with E-state index in [0.29, 0.717) is 6.10 Å². The summed E-state index contributed by atoms with van der Waals surface area (Å²) < 4.78 is 6.15. The number of rotatable bonds is 4. The molecule has 2 aromatic carbocycles. The SMILES string of the molecule is CCc1ccc2[nH]nc(-c3ccc(OC4CCN(C)CC4)cc3)c2c1.